The topological polar surface area (TPSA) is 95.9 Å². The van der Waals surface area contributed by atoms with Gasteiger partial charge in [0.2, 0.25) is 0 Å². The van der Waals surface area contributed by atoms with Gasteiger partial charge in [0, 0.05) is 18.1 Å². The van der Waals surface area contributed by atoms with Crippen molar-refractivity contribution in [2.45, 2.75) is 18.4 Å². The molecule has 0 spiro atoms. The van der Waals surface area contributed by atoms with Gasteiger partial charge in [-0.05, 0) is 48.9 Å². The smallest absolute Gasteiger partial charge is 0.335 e. The SMILES string of the molecule is CCN(Cc1ccccc1)c1ccc(C(=O)O)cc1NS(=O)(=O)c1cc(Cl)ccc1OC. The fourth-order valence-electron chi connectivity index (χ4n) is 3.26. The van der Waals surface area contributed by atoms with Crippen LogP contribution in [-0.2, 0) is 16.6 Å². The number of methoxy groups -OCH3 is 1. The summed E-state index contributed by atoms with van der Waals surface area (Å²) in [7, 11) is -2.78. The van der Waals surface area contributed by atoms with Gasteiger partial charge in [-0.15, -0.1) is 0 Å². The average Bonchev–Trinajstić information content (AvgIpc) is 2.78. The Labute approximate surface area is 192 Å². The molecule has 0 bridgehead atoms. The van der Waals surface area contributed by atoms with Crippen molar-refractivity contribution in [2.24, 2.45) is 0 Å². The summed E-state index contributed by atoms with van der Waals surface area (Å²) in [4.78, 5) is 13.4. The minimum atomic E-state index is -4.14. The second-order valence-electron chi connectivity index (χ2n) is 6.94. The molecule has 0 saturated carbocycles. The molecule has 0 atom stereocenters. The van der Waals surface area contributed by atoms with E-state index in [4.69, 9.17) is 16.3 Å². The third-order valence-electron chi connectivity index (χ3n) is 4.84. The van der Waals surface area contributed by atoms with Gasteiger partial charge in [0.25, 0.3) is 10.0 Å². The normalized spacial score (nSPS) is 11.1. The lowest BCUT2D eigenvalue weighted by Gasteiger charge is -2.26. The van der Waals surface area contributed by atoms with Gasteiger partial charge in [-0.3, -0.25) is 4.72 Å². The fourth-order valence-corrected chi connectivity index (χ4v) is 4.76. The summed E-state index contributed by atoms with van der Waals surface area (Å²) < 4.78 is 34.2. The molecule has 7 nitrogen and oxygen atoms in total. The summed E-state index contributed by atoms with van der Waals surface area (Å²) in [5.41, 5.74) is 1.68. The lowest BCUT2D eigenvalue weighted by Crippen LogP contribution is -2.24. The third kappa shape index (κ3) is 5.33. The number of ether oxygens (including phenoxy) is 1. The molecule has 0 aromatic heterocycles. The lowest BCUT2D eigenvalue weighted by atomic mass is 10.1. The van der Waals surface area contributed by atoms with Crippen LogP contribution in [0.2, 0.25) is 5.02 Å². The number of hydrogen-bond donors (Lipinski definition) is 2. The molecule has 32 heavy (non-hydrogen) atoms. The number of hydrogen-bond acceptors (Lipinski definition) is 5. The van der Waals surface area contributed by atoms with Crippen LogP contribution in [0.25, 0.3) is 0 Å². The number of anilines is 2. The van der Waals surface area contributed by atoms with Gasteiger partial charge in [0.15, 0.2) is 0 Å². The molecule has 2 N–H and O–H groups in total. The molecule has 3 rings (SSSR count). The number of benzene rings is 3. The predicted molar refractivity (Wildman–Crippen MR) is 125 cm³/mol. The van der Waals surface area contributed by atoms with Gasteiger partial charge >= 0.3 is 5.97 Å². The van der Waals surface area contributed by atoms with Crippen molar-refractivity contribution in [3.63, 3.8) is 0 Å². The van der Waals surface area contributed by atoms with Crippen LogP contribution in [0.15, 0.2) is 71.6 Å². The number of nitrogens with zero attached hydrogens (tertiary/aromatic N) is 1. The largest absolute Gasteiger partial charge is 0.495 e. The Morgan fingerprint density at radius 2 is 1.81 bits per heavy atom. The molecule has 0 aliphatic carbocycles. The van der Waals surface area contributed by atoms with Gasteiger partial charge in [0.05, 0.1) is 24.0 Å². The van der Waals surface area contributed by atoms with E-state index in [1.54, 1.807) is 6.07 Å². The van der Waals surface area contributed by atoms with Crippen LogP contribution >= 0.6 is 11.6 Å². The predicted octanol–water partition coefficient (Wildman–Crippen LogP) is 4.87. The number of carboxylic acids is 1. The first kappa shape index (κ1) is 23.4. The Hall–Kier alpha value is -3.23. The van der Waals surface area contributed by atoms with Gasteiger partial charge in [0.1, 0.15) is 10.6 Å². The summed E-state index contributed by atoms with van der Waals surface area (Å²) in [5.74, 6) is -1.04. The minimum Gasteiger partial charge on any atom is -0.495 e. The first-order valence-corrected chi connectivity index (χ1v) is 11.6. The zero-order chi connectivity index (χ0) is 23.3. The van der Waals surface area contributed by atoms with Gasteiger partial charge in [-0.25, -0.2) is 13.2 Å². The Morgan fingerprint density at radius 3 is 2.44 bits per heavy atom. The highest BCUT2D eigenvalue weighted by atomic mass is 35.5. The highest BCUT2D eigenvalue weighted by Gasteiger charge is 2.23. The molecule has 0 aliphatic heterocycles. The molecule has 0 aliphatic rings. The summed E-state index contributed by atoms with van der Waals surface area (Å²) in [5, 5.41) is 9.66. The van der Waals surface area contributed by atoms with Crippen molar-refractivity contribution in [1.29, 1.82) is 0 Å². The molecule has 168 valence electrons. The Morgan fingerprint density at radius 1 is 1.09 bits per heavy atom. The number of sulfonamides is 1. The number of halogens is 1. The Balaban J connectivity index is 2.07. The fraction of sp³-hybridized carbons (Fsp3) is 0.174. The molecule has 0 amide bonds. The molecule has 3 aromatic carbocycles. The van der Waals surface area contributed by atoms with E-state index < -0.39 is 16.0 Å². The van der Waals surface area contributed by atoms with E-state index in [-0.39, 0.29) is 26.9 Å². The number of rotatable bonds is 9. The third-order valence-corrected chi connectivity index (χ3v) is 6.46. The minimum absolute atomic E-state index is 0.0414. The number of carboxylic acid groups (broad SMARTS) is 1. The van der Waals surface area contributed by atoms with E-state index in [2.05, 4.69) is 4.72 Å². The average molecular weight is 475 g/mol. The highest BCUT2D eigenvalue weighted by Crippen LogP contribution is 2.33. The molecule has 0 unspecified atom stereocenters. The van der Waals surface area contributed by atoms with Crippen molar-refractivity contribution < 1.29 is 23.1 Å². The first-order chi connectivity index (χ1) is 15.2. The van der Waals surface area contributed by atoms with Crippen LogP contribution < -0.4 is 14.4 Å². The number of aromatic carboxylic acids is 1. The quantitative estimate of drug-likeness (QED) is 0.459. The number of carbonyl (C=O) groups is 1. The van der Waals surface area contributed by atoms with E-state index >= 15 is 0 Å². The second-order valence-corrected chi connectivity index (χ2v) is 9.02. The van der Waals surface area contributed by atoms with Crippen molar-refractivity contribution in [3.8, 4) is 5.75 Å². The summed E-state index contributed by atoms with van der Waals surface area (Å²) >= 11 is 6.01. The Bertz CT molecular complexity index is 1220. The van der Waals surface area contributed by atoms with Crippen LogP contribution in [-0.4, -0.2) is 33.1 Å². The molecular weight excluding hydrogens is 452 g/mol. The van der Waals surface area contributed by atoms with Gasteiger partial charge in [-0.2, -0.15) is 0 Å². The molecular formula is C23H23ClN2O5S. The summed E-state index contributed by atoms with van der Waals surface area (Å²) in [6.45, 7) is 3.02. The van der Waals surface area contributed by atoms with Crippen LogP contribution in [0.3, 0.4) is 0 Å². The molecule has 0 fully saturated rings. The van der Waals surface area contributed by atoms with Crippen LogP contribution in [0.5, 0.6) is 5.75 Å². The van der Waals surface area contributed by atoms with Crippen molar-refractivity contribution >= 4 is 39.0 Å². The maximum absolute atomic E-state index is 13.2. The number of nitrogens with one attached hydrogen (secondary N) is 1. The van der Waals surface area contributed by atoms with Crippen molar-refractivity contribution in [2.75, 3.05) is 23.3 Å². The van der Waals surface area contributed by atoms with Gasteiger partial charge in [-0.1, -0.05) is 41.9 Å². The lowest BCUT2D eigenvalue weighted by molar-refractivity contribution is 0.0697. The van der Waals surface area contributed by atoms with E-state index in [0.29, 0.717) is 18.8 Å². The molecule has 0 saturated heterocycles. The second kappa shape index (κ2) is 9.93. The molecule has 0 radical (unpaired) electrons. The standard InChI is InChI=1S/C23H23ClN2O5S/c1-3-26(15-16-7-5-4-6-8-16)20-11-9-17(23(27)28)13-19(20)25-32(29,30)22-14-18(24)10-12-21(22)31-2/h4-14,25H,3,15H2,1-2H3,(H,27,28). The van der Waals surface area contributed by atoms with Crippen LogP contribution in [0.1, 0.15) is 22.8 Å². The summed E-state index contributed by atoms with van der Waals surface area (Å²) in [6, 6.07) is 18.3. The maximum Gasteiger partial charge on any atom is 0.335 e. The Kier molecular flexibility index (Phi) is 7.27. The van der Waals surface area contributed by atoms with E-state index in [9.17, 15) is 18.3 Å². The van der Waals surface area contributed by atoms with E-state index in [0.717, 1.165) is 5.56 Å². The van der Waals surface area contributed by atoms with Crippen LogP contribution in [0, 0.1) is 0 Å². The van der Waals surface area contributed by atoms with Crippen molar-refractivity contribution in [3.05, 3.63) is 82.9 Å². The first-order valence-electron chi connectivity index (χ1n) is 9.77. The van der Waals surface area contributed by atoms with E-state index in [1.807, 2.05) is 42.2 Å². The molecule has 3 aromatic rings. The van der Waals surface area contributed by atoms with Gasteiger partial charge < -0.3 is 14.7 Å². The zero-order valence-electron chi connectivity index (χ0n) is 17.6. The monoisotopic (exact) mass is 474 g/mol. The zero-order valence-corrected chi connectivity index (χ0v) is 19.2. The highest BCUT2D eigenvalue weighted by molar-refractivity contribution is 7.92. The summed E-state index contributed by atoms with van der Waals surface area (Å²) in [6.07, 6.45) is 0. The maximum atomic E-state index is 13.2. The molecule has 9 heteroatoms. The molecule has 0 heterocycles. The van der Waals surface area contributed by atoms with E-state index in [1.165, 1.54) is 37.4 Å². The van der Waals surface area contributed by atoms with Crippen LogP contribution in [0.4, 0.5) is 11.4 Å². The van der Waals surface area contributed by atoms with Crippen molar-refractivity contribution in [1.82, 2.24) is 0 Å².